The van der Waals surface area contributed by atoms with Crippen molar-refractivity contribution in [2.75, 3.05) is 26.7 Å². The minimum Gasteiger partial charge on any atom is -0.368 e. The maximum absolute atomic E-state index is 11.6. The third-order valence-corrected chi connectivity index (χ3v) is 3.27. The van der Waals surface area contributed by atoms with Crippen LogP contribution in [0.15, 0.2) is 0 Å². The lowest BCUT2D eigenvalue weighted by Gasteiger charge is -2.30. The number of nitrogens with one attached hydrogen (secondary N) is 1. The van der Waals surface area contributed by atoms with Gasteiger partial charge in [-0.05, 0) is 51.7 Å². The van der Waals surface area contributed by atoms with Gasteiger partial charge >= 0.3 is 0 Å². The summed E-state index contributed by atoms with van der Waals surface area (Å²) >= 11 is 0. The van der Waals surface area contributed by atoms with Crippen LogP contribution in [0.1, 0.15) is 53.9 Å². The molecule has 1 unspecified atom stereocenters. The largest absolute Gasteiger partial charge is 0.368 e. The van der Waals surface area contributed by atoms with Crippen molar-refractivity contribution >= 4 is 5.91 Å². The fraction of sp³-hybridized carbons (Fsp3) is 0.933. The Morgan fingerprint density at radius 1 is 1.26 bits per heavy atom. The molecule has 0 aromatic heterocycles. The quantitative estimate of drug-likeness (QED) is 0.674. The van der Waals surface area contributed by atoms with Gasteiger partial charge in [0.25, 0.3) is 0 Å². The summed E-state index contributed by atoms with van der Waals surface area (Å²) < 4.78 is 0. The zero-order valence-electron chi connectivity index (χ0n) is 13.7. The predicted molar refractivity (Wildman–Crippen MR) is 82.1 cm³/mol. The SMILES string of the molecule is CCCNC(C)(CCCN(C)CC(C)(C)C)C(N)=O. The first-order valence-corrected chi connectivity index (χ1v) is 7.34. The van der Waals surface area contributed by atoms with Gasteiger partial charge in [0.1, 0.15) is 0 Å². The molecule has 0 saturated heterocycles. The molecule has 0 fully saturated rings. The van der Waals surface area contributed by atoms with E-state index in [1.54, 1.807) is 0 Å². The molecule has 4 nitrogen and oxygen atoms in total. The van der Waals surface area contributed by atoms with Crippen LogP contribution >= 0.6 is 0 Å². The summed E-state index contributed by atoms with van der Waals surface area (Å²) in [6.45, 7) is 13.6. The third kappa shape index (κ3) is 8.22. The Kier molecular flexibility index (Phi) is 7.60. The number of hydrogen-bond donors (Lipinski definition) is 2. The Labute approximate surface area is 119 Å². The van der Waals surface area contributed by atoms with E-state index in [2.05, 4.69) is 45.0 Å². The highest BCUT2D eigenvalue weighted by atomic mass is 16.1. The number of primary amides is 1. The lowest BCUT2D eigenvalue weighted by molar-refractivity contribution is -0.124. The van der Waals surface area contributed by atoms with Crippen molar-refractivity contribution < 1.29 is 4.79 Å². The first-order chi connectivity index (χ1) is 8.60. The van der Waals surface area contributed by atoms with Crippen molar-refractivity contribution in [1.29, 1.82) is 0 Å². The summed E-state index contributed by atoms with van der Waals surface area (Å²) in [4.78, 5) is 13.9. The number of rotatable bonds is 9. The molecular weight excluding hydrogens is 238 g/mol. The van der Waals surface area contributed by atoms with E-state index in [0.717, 1.165) is 38.9 Å². The van der Waals surface area contributed by atoms with Gasteiger partial charge in [0, 0.05) is 6.54 Å². The minimum absolute atomic E-state index is 0.251. The predicted octanol–water partition coefficient (Wildman–Crippen LogP) is 1.99. The van der Waals surface area contributed by atoms with Crippen LogP contribution < -0.4 is 11.1 Å². The van der Waals surface area contributed by atoms with E-state index in [-0.39, 0.29) is 5.91 Å². The van der Waals surface area contributed by atoms with Gasteiger partial charge in [-0.25, -0.2) is 0 Å². The topological polar surface area (TPSA) is 58.4 Å². The lowest BCUT2D eigenvalue weighted by atomic mass is 9.93. The maximum atomic E-state index is 11.6. The first kappa shape index (κ1) is 18.4. The lowest BCUT2D eigenvalue weighted by Crippen LogP contribution is -2.53. The molecule has 0 aliphatic rings. The molecule has 0 aromatic carbocycles. The van der Waals surface area contributed by atoms with Gasteiger partial charge < -0.3 is 16.0 Å². The molecule has 0 rings (SSSR count). The van der Waals surface area contributed by atoms with E-state index in [1.807, 2.05) is 6.92 Å². The highest BCUT2D eigenvalue weighted by molar-refractivity contribution is 5.84. The number of carbonyl (C=O) groups is 1. The molecule has 4 heteroatoms. The van der Waals surface area contributed by atoms with E-state index in [1.165, 1.54) is 0 Å². The van der Waals surface area contributed by atoms with Gasteiger partial charge in [0.2, 0.25) is 5.91 Å². The number of carbonyl (C=O) groups excluding carboxylic acids is 1. The molecule has 0 radical (unpaired) electrons. The average Bonchev–Trinajstić information content (AvgIpc) is 2.23. The Balaban J connectivity index is 4.16. The standard InChI is InChI=1S/C15H33N3O/c1-7-10-17-15(5,13(16)19)9-8-11-18(6)12-14(2,3)4/h17H,7-12H2,1-6H3,(H2,16,19). The van der Waals surface area contributed by atoms with Gasteiger partial charge in [-0.1, -0.05) is 27.7 Å². The first-order valence-electron chi connectivity index (χ1n) is 7.34. The van der Waals surface area contributed by atoms with Crippen LogP contribution in [-0.4, -0.2) is 43.0 Å². The number of hydrogen-bond acceptors (Lipinski definition) is 3. The third-order valence-electron chi connectivity index (χ3n) is 3.27. The summed E-state index contributed by atoms with van der Waals surface area (Å²) in [7, 11) is 2.13. The second-order valence-corrected chi connectivity index (χ2v) is 7.03. The molecule has 0 heterocycles. The summed E-state index contributed by atoms with van der Waals surface area (Å²) in [6, 6.07) is 0. The molecule has 0 spiro atoms. The maximum Gasteiger partial charge on any atom is 0.237 e. The van der Waals surface area contributed by atoms with Crippen molar-refractivity contribution in [2.24, 2.45) is 11.1 Å². The van der Waals surface area contributed by atoms with Gasteiger partial charge in [-0.2, -0.15) is 0 Å². The molecule has 0 aliphatic carbocycles. The molecule has 3 N–H and O–H groups in total. The summed E-state index contributed by atoms with van der Waals surface area (Å²) in [6.07, 6.45) is 2.77. The fourth-order valence-electron chi connectivity index (χ4n) is 2.29. The van der Waals surface area contributed by atoms with Gasteiger partial charge in [-0.3, -0.25) is 4.79 Å². The molecule has 19 heavy (non-hydrogen) atoms. The van der Waals surface area contributed by atoms with E-state index in [0.29, 0.717) is 5.41 Å². The summed E-state index contributed by atoms with van der Waals surface area (Å²) in [5.41, 5.74) is 5.25. The van der Waals surface area contributed by atoms with Crippen molar-refractivity contribution in [3.8, 4) is 0 Å². The van der Waals surface area contributed by atoms with Crippen molar-refractivity contribution in [1.82, 2.24) is 10.2 Å². The molecule has 0 aliphatic heterocycles. The van der Waals surface area contributed by atoms with Crippen LogP contribution in [0, 0.1) is 5.41 Å². The number of nitrogens with two attached hydrogens (primary N) is 1. The minimum atomic E-state index is -0.571. The van der Waals surface area contributed by atoms with Crippen LogP contribution in [0.4, 0.5) is 0 Å². The zero-order valence-corrected chi connectivity index (χ0v) is 13.7. The Bertz CT molecular complexity index is 273. The number of amides is 1. The van der Waals surface area contributed by atoms with Gasteiger partial charge in [0.15, 0.2) is 0 Å². The highest BCUT2D eigenvalue weighted by Gasteiger charge is 2.29. The highest BCUT2D eigenvalue weighted by Crippen LogP contribution is 2.16. The van der Waals surface area contributed by atoms with E-state index in [4.69, 9.17) is 5.73 Å². The average molecular weight is 271 g/mol. The number of nitrogens with zero attached hydrogens (tertiary/aromatic N) is 1. The smallest absolute Gasteiger partial charge is 0.237 e. The van der Waals surface area contributed by atoms with Crippen LogP contribution in [0.25, 0.3) is 0 Å². The van der Waals surface area contributed by atoms with E-state index < -0.39 is 5.54 Å². The molecular formula is C15H33N3O. The normalized spacial score (nSPS) is 15.5. The molecule has 1 amide bonds. The van der Waals surface area contributed by atoms with Crippen LogP contribution in [0.5, 0.6) is 0 Å². The van der Waals surface area contributed by atoms with Crippen LogP contribution in [0.3, 0.4) is 0 Å². The molecule has 114 valence electrons. The molecule has 1 atom stereocenters. The van der Waals surface area contributed by atoms with Gasteiger partial charge in [0.05, 0.1) is 5.54 Å². The zero-order chi connectivity index (χ0) is 15.1. The van der Waals surface area contributed by atoms with Crippen molar-refractivity contribution in [3.63, 3.8) is 0 Å². The molecule has 0 bridgehead atoms. The van der Waals surface area contributed by atoms with E-state index in [9.17, 15) is 4.79 Å². The van der Waals surface area contributed by atoms with Crippen LogP contribution in [0.2, 0.25) is 0 Å². The summed E-state index contributed by atoms with van der Waals surface area (Å²) in [5, 5.41) is 3.27. The second-order valence-electron chi connectivity index (χ2n) is 7.03. The van der Waals surface area contributed by atoms with Gasteiger partial charge in [-0.15, -0.1) is 0 Å². The monoisotopic (exact) mass is 271 g/mol. The Hall–Kier alpha value is -0.610. The Morgan fingerprint density at radius 2 is 1.84 bits per heavy atom. The van der Waals surface area contributed by atoms with Crippen LogP contribution in [-0.2, 0) is 4.79 Å². The molecule has 0 aromatic rings. The second kappa shape index (κ2) is 7.85. The molecule has 0 saturated carbocycles. The van der Waals surface area contributed by atoms with E-state index >= 15 is 0 Å². The Morgan fingerprint density at radius 3 is 2.26 bits per heavy atom. The van der Waals surface area contributed by atoms with Crippen molar-refractivity contribution in [3.05, 3.63) is 0 Å². The fourth-order valence-corrected chi connectivity index (χ4v) is 2.29. The summed E-state index contributed by atoms with van der Waals surface area (Å²) in [5.74, 6) is -0.251. The van der Waals surface area contributed by atoms with Crippen molar-refractivity contribution in [2.45, 2.75) is 59.4 Å².